The minimum atomic E-state index is -0.234. The number of rotatable bonds is 4. The average molecular weight is 296 g/mol. The Bertz CT molecular complexity index is 621. The highest BCUT2D eigenvalue weighted by atomic mass is 35.5. The van der Waals surface area contributed by atoms with E-state index in [1.807, 2.05) is 13.0 Å². The highest BCUT2D eigenvalue weighted by molar-refractivity contribution is 6.32. The first-order valence-electron chi connectivity index (χ1n) is 6.10. The van der Waals surface area contributed by atoms with E-state index in [0.717, 1.165) is 5.56 Å². The fraction of sp³-hybridized carbons (Fsp3) is 0.286. The Hall–Kier alpha value is -1.88. The summed E-state index contributed by atoms with van der Waals surface area (Å²) >= 11 is 6.02. The summed E-state index contributed by atoms with van der Waals surface area (Å²) < 4.78 is 18.5. The van der Waals surface area contributed by atoms with Crippen LogP contribution in [0.5, 0.6) is 6.01 Å². The maximum absolute atomic E-state index is 13.6. The van der Waals surface area contributed by atoms with Crippen molar-refractivity contribution < 1.29 is 9.13 Å². The number of anilines is 1. The van der Waals surface area contributed by atoms with E-state index in [2.05, 4.69) is 15.3 Å². The van der Waals surface area contributed by atoms with E-state index in [1.54, 1.807) is 13.0 Å². The molecule has 0 saturated heterocycles. The average Bonchev–Trinajstić information content (AvgIpc) is 2.44. The first-order valence-corrected chi connectivity index (χ1v) is 6.48. The first kappa shape index (κ1) is 14.5. The SMILES string of the molecule is COc1ncc(Cl)c(NC(C)c2ccc(C)c(F)c2)n1. The van der Waals surface area contributed by atoms with E-state index in [1.165, 1.54) is 19.4 Å². The van der Waals surface area contributed by atoms with Crippen LogP contribution in [0.25, 0.3) is 0 Å². The molecule has 6 heteroatoms. The monoisotopic (exact) mass is 295 g/mol. The Kier molecular flexibility index (Phi) is 4.39. The topological polar surface area (TPSA) is 47.0 Å². The van der Waals surface area contributed by atoms with Crippen molar-refractivity contribution in [3.8, 4) is 6.01 Å². The molecule has 106 valence electrons. The Balaban J connectivity index is 2.22. The molecule has 0 saturated carbocycles. The highest BCUT2D eigenvalue weighted by Crippen LogP contribution is 2.25. The van der Waals surface area contributed by atoms with Crippen molar-refractivity contribution in [2.24, 2.45) is 0 Å². The molecule has 0 radical (unpaired) electrons. The Morgan fingerprint density at radius 2 is 2.15 bits per heavy atom. The predicted octanol–water partition coefficient (Wildman–Crippen LogP) is 3.76. The molecule has 0 spiro atoms. The van der Waals surface area contributed by atoms with Gasteiger partial charge in [-0.3, -0.25) is 0 Å². The van der Waals surface area contributed by atoms with Gasteiger partial charge in [0, 0.05) is 0 Å². The summed E-state index contributed by atoms with van der Waals surface area (Å²) in [6.45, 7) is 3.62. The summed E-state index contributed by atoms with van der Waals surface area (Å²) in [4.78, 5) is 8.02. The van der Waals surface area contributed by atoms with Gasteiger partial charge in [0.25, 0.3) is 0 Å². The number of hydrogen-bond acceptors (Lipinski definition) is 4. The zero-order valence-electron chi connectivity index (χ0n) is 11.4. The summed E-state index contributed by atoms with van der Waals surface area (Å²) in [5, 5.41) is 3.50. The van der Waals surface area contributed by atoms with Crippen molar-refractivity contribution >= 4 is 17.4 Å². The molecule has 4 nitrogen and oxygen atoms in total. The lowest BCUT2D eigenvalue weighted by Crippen LogP contribution is -2.09. The van der Waals surface area contributed by atoms with Crippen LogP contribution in [0.2, 0.25) is 5.02 Å². The minimum Gasteiger partial charge on any atom is -0.467 e. The van der Waals surface area contributed by atoms with Crippen LogP contribution in [-0.2, 0) is 0 Å². The third-order valence-electron chi connectivity index (χ3n) is 2.95. The Labute approximate surface area is 122 Å². The molecule has 0 fully saturated rings. The predicted molar refractivity (Wildman–Crippen MR) is 76.8 cm³/mol. The van der Waals surface area contributed by atoms with Gasteiger partial charge < -0.3 is 10.1 Å². The number of methoxy groups -OCH3 is 1. The summed E-state index contributed by atoms with van der Waals surface area (Å²) in [5.74, 6) is 0.217. The van der Waals surface area contributed by atoms with E-state index in [4.69, 9.17) is 16.3 Å². The molecule has 1 aromatic carbocycles. The molecule has 0 aliphatic carbocycles. The molecule has 0 aliphatic rings. The van der Waals surface area contributed by atoms with Crippen molar-refractivity contribution in [2.75, 3.05) is 12.4 Å². The van der Waals surface area contributed by atoms with Crippen molar-refractivity contribution in [2.45, 2.75) is 19.9 Å². The van der Waals surface area contributed by atoms with Crippen LogP contribution in [0, 0.1) is 12.7 Å². The number of aromatic nitrogens is 2. The molecular formula is C14H15ClFN3O. The molecule has 2 aromatic rings. The summed E-state index contributed by atoms with van der Waals surface area (Å²) in [6, 6.07) is 5.17. The molecule has 2 rings (SSSR count). The Morgan fingerprint density at radius 3 is 2.80 bits per heavy atom. The molecule has 1 unspecified atom stereocenters. The van der Waals surface area contributed by atoms with Crippen molar-refractivity contribution in [3.63, 3.8) is 0 Å². The Morgan fingerprint density at radius 1 is 1.40 bits per heavy atom. The van der Waals surface area contributed by atoms with E-state index in [-0.39, 0.29) is 17.9 Å². The van der Waals surface area contributed by atoms with Gasteiger partial charge in [-0.05, 0) is 31.0 Å². The molecule has 0 amide bonds. The van der Waals surface area contributed by atoms with Gasteiger partial charge in [0.2, 0.25) is 0 Å². The van der Waals surface area contributed by atoms with E-state index in [9.17, 15) is 4.39 Å². The van der Waals surface area contributed by atoms with Gasteiger partial charge in [-0.2, -0.15) is 4.98 Å². The molecule has 1 atom stereocenters. The van der Waals surface area contributed by atoms with E-state index >= 15 is 0 Å². The number of nitrogens with zero attached hydrogens (tertiary/aromatic N) is 2. The van der Waals surface area contributed by atoms with Crippen LogP contribution < -0.4 is 10.1 Å². The summed E-state index contributed by atoms with van der Waals surface area (Å²) in [5.41, 5.74) is 1.42. The van der Waals surface area contributed by atoms with Gasteiger partial charge in [-0.1, -0.05) is 23.7 Å². The third-order valence-corrected chi connectivity index (χ3v) is 3.23. The highest BCUT2D eigenvalue weighted by Gasteiger charge is 2.12. The second-order valence-corrected chi connectivity index (χ2v) is 4.84. The van der Waals surface area contributed by atoms with Gasteiger partial charge in [-0.25, -0.2) is 9.37 Å². The third kappa shape index (κ3) is 3.17. The standard InChI is InChI=1S/C14H15ClFN3O/c1-8-4-5-10(6-12(8)16)9(2)18-13-11(15)7-17-14(19-13)20-3/h4-7,9H,1-3H3,(H,17,18,19). The molecule has 0 bridgehead atoms. The van der Waals surface area contributed by atoms with Crippen molar-refractivity contribution in [1.82, 2.24) is 9.97 Å². The summed E-state index contributed by atoms with van der Waals surface area (Å²) in [6.07, 6.45) is 1.46. The quantitative estimate of drug-likeness (QED) is 0.933. The number of ether oxygens (including phenoxy) is 1. The fourth-order valence-electron chi connectivity index (χ4n) is 1.72. The second kappa shape index (κ2) is 6.05. The number of nitrogens with one attached hydrogen (secondary N) is 1. The largest absolute Gasteiger partial charge is 0.467 e. The molecule has 20 heavy (non-hydrogen) atoms. The lowest BCUT2D eigenvalue weighted by atomic mass is 10.1. The van der Waals surface area contributed by atoms with Crippen molar-refractivity contribution in [1.29, 1.82) is 0 Å². The number of aryl methyl sites for hydroxylation is 1. The number of halogens is 2. The molecule has 1 aromatic heterocycles. The molecule has 1 heterocycles. The van der Waals surface area contributed by atoms with Crippen LogP contribution >= 0.6 is 11.6 Å². The number of hydrogen-bond donors (Lipinski definition) is 1. The zero-order chi connectivity index (χ0) is 14.7. The summed E-state index contributed by atoms with van der Waals surface area (Å²) in [7, 11) is 1.48. The second-order valence-electron chi connectivity index (χ2n) is 4.43. The number of benzene rings is 1. The fourth-order valence-corrected chi connectivity index (χ4v) is 1.86. The molecular weight excluding hydrogens is 281 g/mol. The van der Waals surface area contributed by atoms with Gasteiger partial charge in [-0.15, -0.1) is 0 Å². The van der Waals surface area contributed by atoms with E-state index in [0.29, 0.717) is 16.4 Å². The first-order chi connectivity index (χ1) is 9.51. The smallest absolute Gasteiger partial charge is 0.318 e. The lowest BCUT2D eigenvalue weighted by Gasteiger charge is -2.16. The normalized spacial score (nSPS) is 12.1. The molecule has 0 aliphatic heterocycles. The van der Waals surface area contributed by atoms with Gasteiger partial charge in [0.15, 0.2) is 5.82 Å². The maximum Gasteiger partial charge on any atom is 0.318 e. The maximum atomic E-state index is 13.6. The van der Waals surface area contributed by atoms with Gasteiger partial charge in [0.1, 0.15) is 10.8 Å². The van der Waals surface area contributed by atoms with E-state index < -0.39 is 0 Å². The van der Waals surface area contributed by atoms with Crippen LogP contribution in [0.3, 0.4) is 0 Å². The molecule has 1 N–H and O–H groups in total. The van der Waals surface area contributed by atoms with Gasteiger partial charge in [0.05, 0.1) is 19.3 Å². The van der Waals surface area contributed by atoms with Crippen LogP contribution in [0.1, 0.15) is 24.1 Å². The van der Waals surface area contributed by atoms with Crippen molar-refractivity contribution in [3.05, 3.63) is 46.4 Å². The zero-order valence-corrected chi connectivity index (χ0v) is 12.2. The van der Waals surface area contributed by atoms with Crippen LogP contribution in [-0.4, -0.2) is 17.1 Å². The van der Waals surface area contributed by atoms with Gasteiger partial charge >= 0.3 is 6.01 Å². The van der Waals surface area contributed by atoms with Crippen LogP contribution in [0.4, 0.5) is 10.2 Å². The van der Waals surface area contributed by atoms with Crippen LogP contribution in [0.15, 0.2) is 24.4 Å². The lowest BCUT2D eigenvalue weighted by molar-refractivity contribution is 0.380. The minimum absolute atomic E-state index is 0.151.